The summed E-state index contributed by atoms with van der Waals surface area (Å²) in [5.74, 6) is -1.22. The molecule has 1 aromatic heterocycles. The summed E-state index contributed by atoms with van der Waals surface area (Å²) in [5, 5.41) is 9.10. The SMILES string of the molecule is CCN(c1cccc(F)c1)c1nccc(C(=O)O)c1Cl. The Balaban J connectivity index is 2.53. The number of hydrogen-bond donors (Lipinski definition) is 1. The second kappa shape index (κ2) is 5.88. The van der Waals surface area contributed by atoms with Crippen LogP contribution in [0.15, 0.2) is 36.5 Å². The second-order valence-electron chi connectivity index (χ2n) is 4.03. The maximum Gasteiger partial charge on any atom is 0.337 e. The van der Waals surface area contributed by atoms with E-state index in [0.717, 1.165) is 0 Å². The largest absolute Gasteiger partial charge is 0.478 e. The molecule has 1 N–H and O–H groups in total. The fourth-order valence-corrected chi connectivity index (χ4v) is 2.18. The van der Waals surface area contributed by atoms with Crippen LogP contribution in [0.1, 0.15) is 17.3 Å². The molecular weight excluding hydrogens is 283 g/mol. The summed E-state index contributed by atoms with van der Waals surface area (Å²) in [7, 11) is 0. The van der Waals surface area contributed by atoms with Crippen LogP contribution in [0.3, 0.4) is 0 Å². The average Bonchev–Trinajstić information content (AvgIpc) is 2.41. The van der Waals surface area contributed by atoms with Crippen LogP contribution in [0.25, 0.3) is 0 Å². The molecule has 0 amide bonds. The van der Waals surface area contributed by atoms with Crippen LogP contribution < -0.4 is 4.90 Å². The van der Waals surface area contributed by atoms with Gasteiger partial charge in [0.1, 0.15) is 5.82 Å². The molecule has 20 heavy (non-hydrogen) atoms. The van der Waals surface area contributed by atoms with Gasteiger partial charge in [-0.1, -0.05) is 17.7 Å². The predicted octanol–water partition coefficient (Wildman–Crippen LogP) is 3.73. The highest BCUT2D eigenvalue weighted by atomic mass is 35.5. The van der Waals surface area contributed by atoms with E-state index in [1.807, 2.05) is 6.92 Å². The first kappa shape index (κ1) is 14.3. The van der Waals surface area contributed by atoms with E-state index in [0.29, 0.717) is 18.1 Å². The van der Waals surface area contributed by atoms with Gasteiger partial charge in [-0.15, -0.1) is 0 Å². The minimum absolute atomic E-state index is 0.0334. The van der Waals surface area contributed by atoms with Crippen LogP contribution in [0.2, 0.25) is 5.02 Å². The number of rotatable bonds is 4. The van der Waals surface area contributed by atoms with Gasteiger partial charge in [-0.05, 0) is 31.2 Å². The van der Waals surface area contributed by atoms with Crippen LogP contribution >= 0.6 is 11.6 Å². The van der Waals surface area contributed by atoms with Gasteiger partial charge in [-0.2, -0.15) is 0 Å². The molecule has 104 valence electrons. The summed E-state index contributed by atoms with van der Waals surface area (Å²) in [6, 6.07) is 7.28. The number of aromatic carboxylic acids is 1. The molecule has 4 nitrogen and oxygen atoms in total. The third kappa shape index (κ3) is 2.72. The predicted molar refractivity (Wildman–Crippen MR) is 75.3 cm³/mol. The first-order valence-electron chi connectivity index (χ1n) is 5.95. The number of pyridine rings is 1. The molecule has 0 bridgehead atoms. The molecule has 0 saturated carbocycles. The van der Waals surface area contributed by atoms with E-state index in [4.69, 9.17) is 16.7 Å². The van der Waals surface area contributed by atoms with Crippen molar-refractivity contribution in [3.8, 4) is 0 Å². The molecule has 0 aliphatic rings. The van der Waals surface area contributed by atoms with Crippen LogP contribution in [-0.4, -0.2) is 22.6 Å². The van der Waals surface area contributed by atoms with Crippen molar-refractivity contribution in [2.75, 3.05) is 11.4 Å². The minimum atomic E-state index is -1.13. The van der Waals surface area contributed by atoms with Crippen LogP contribution in [-0.2, 0) is 0 Å². The number of aromatic nitrogens is 1. The molecule has 0 spiro atoms. The topological polar surface area (TPSA) is 53.4 Å². The molecule has 0 atom stereocenters. The van der Waals surface area contributed by atoms with Gasteiger partial charge in [0.25, 0.3) is 0 Å². The Morgan fingerprint density at radius 2 is 2.20 bits per heavy atom. The van der Waals surface area contributed by atoms with E-state index in [1.54, 1.807) is 17.0 Å². The van der Waals surface area contributed by atoms with Crippen molar-refractivity contribution >= 4 is 29.1 Å². The lowest BCUT2D eigenvalue weighted by Crippen LogP contribution is -2.19. The Hall–Kier alpha value is -2.14. The lowest BCUT2D eigenvalue weighted by atomic mass is 10.2. The Kier molecular flexibility index (Phi) is 4.20. The quantitative estimate of drug-likeness (QED) is 0.933. The van der Waals surface area contributed by atoms with Crippen molar-refractivity contribution in [3.63, 3.8) is 0 Å². The molecule has 6 heteroatoms. The third-order valence-electron chi connectivity index (χ3n) is 2.79. The fourth-order valence-electron chi connectivity index (χ4n) is 1.88. The lowest BCUT2D eigenvalue weighted by Gasteiger charge is -2.23. The number of halogens is 2. The molecule has 1 heterocycles. The summed E-state index contributed by atoms with van der Waals surface area (Å²) in [4.78, 5) is 16.8. The first-order chi connectivity index (χ1) is 9.54. The van der Waals surface area contributed by atoms with E-state index in [1.165, 1.54) is 24.4 Å². The number of benzene rings is 1. The van der Waals surface area contributed by atoms with Gasteiger partial charge in [0.2, 0.25) is 0 Å². The van der Waals surface area contributed by atoms with E-state index in [-0.39, 0.29) is 16.4 Å². The summed E-state index contributed by atoms with van der Waals surface area (Å²) >= 11 is 6.09. The molecular formula is C14H12ClFN2O2. The van der Waals surface area contributed by atoms with Gasteiger partial charge in [-0.25, -0.2) is 14.2 Å². The van der Waals surface area contributed by atoms with Gasteiger partial charge in [0, 0.05) is 18.4 Å². The zero-order valence-electron chi connectivity index (χ0n) is 10.7. The van der Waals surface area contributed by atoms with Gasteiger partial charge in [0.15, 0.2) is 5.82 Å². The fraction of sp³-hybridized carbons (Fsp3) is 0.143. The number of anilines is 2. The van der Waals surface area contributed by atoms with Gasteiger partial charge in [0.05, 0.1) is 10.6 Å². The van der Waals surface area contributed by atoms with Crippen LogP contribution in [0, 0.1) is 5.82 Å². The molecule has 0 radical (unpaired) electrons. The van der Waals surface area contributed by atoms with E-state index in [9.17, 15) is 9.18 Å². The maximum absolute atomic E-state index is 13.3. The van der Waals surface area contributed by atoms with Crippen molar-refractivity contribution in [1.82, 2.24) is 4.98 Å². The van der Waals surface area contributed by atoms with Gasteiger partial charge < -0.3 is 10.0 Å². The van der Waals surface area contributed by atoms with E-state index >= 15 is 0 Å². The average molecular weight is 295 g/mol. The number of carboxylic acid groups (broad SMARTS) is 1. The van der Waals surface area contributed by atoms with Crippen molar-refractivity contribution in [1.29, 1.82) is 0 Å². The van der Waals surface area contributed by atoms with E-state index in [2.05, 4.69) is 4.98 Å². The smallest absolute Gasteiger partial charge is 0.337 e. The normalized spacial score (nSPS) is 10.3. The zero-order valence-corrected chi connectivity index (χ0v) is 11.4. The molecule has 0 fully saturated rings. The van der Waals surface area contributed by atoms with Crippen molar-refractivity contribution < 1.29 is 14.3 Å². The molecule has 0 unspecified atom stereocenters. The van der Waals surface area contributed by atoms with Crippen LogP contribution in [0.5, 0.6) is 0 Å². The number of nitrogens with zero attached hydrogens (tertiary/aromatic N) is 2. The number of carboxylic acids is 1. The third-order valence-corrected chi connectivity index (χ3v) is 3.17. The van der Waals surface area contributed by atoms with Gasteiger partial charge >= 0.3 is 5.97 Å². The van der Waals surface area contributed by atoms with Crippen LogP contribution in [0.4, 0.5) is 15.9 Å². The summed E-state index contributed by atoms with van der Waals surface area (Å²) in [6.07, 6.45) is 1.37. The summed E-state index contributed by atoms with van der Waals surface area (Å²) in [5.41, 5.74) is 0.524. The molecule has 0 saturated heterocycles. The first-order valence-corrected chi connectivity index (χ1v) is 6.33. The Morgan fingerprint density at radius 1 is 1.45 bits per heavy atom. The highest BCUT2D eigenvalue weighted by Gasteiger charge is 2.18. The minimum Gasteiger partial charge on any atom is -0.478 e. The number of hydrogen-bond acceptors (Lipinski definition) is 3. The Bertz CT molecular complexity index is 649. The van der Waals surface area contributed by atoms with Gasteiger partial charge in [-0.3, -0.25) is 0 Å². The number of carbonyl (C=O) groups is 1. The monoisotopic (exact) mass is 294 g/mol. The highest BCUT2D eigenvalue weighted by Crippen LogP contribution is 2.32. The van der Waals surface area contributed by atoms with Crippen molar-refractivity contribution in [2.24, 2.45) is 0 Å². The summed E-state index contributed by atoms with van der Waals surface area (Å²) in [6.45, 7) is 2.32. The molecule has 2 aromatic rings. The molecule has 1 aromatic carbocycles. The zero-order chi connectivity index (χ0) is 14.7. The lowest BCUT2D eigenvalue weighted by molar-refractivity contribution is 0.0697. The maximum atomic E-state index is 13.3. The van der Waals surface area contributed by atoms with Crippen molar-refractivity contribution in [2.45, 2.75) is 6.92 Å². The van der Waals surface area contributed by atoms with Crippen molar-refractivity contribution in [3.05, 3.63) is 52.9 Å². The second-order valence-corrected chi connectivity index (χ2v) is 4.40. The van der Waals surface area contributed by atoms with E-state index < -0.39 is 5.97 Å². The summed E-state index contributed by atoms with van der Waals surface area (Å²) < 4.78 is 13.3. The Morgan fingerprint density at radius 3 is 2.80 bits per heavy atom. The Labute approximate surface area is 120 Å². The standard InChI is InChI=1S/C14H12ClFN2O2/c1-2-18(10-5-3-4-9(16)8-10)13-12(15)11(14(19)20)6-7-17-13/h3-8H,2H2,1H3,(H,19,20). The molecule has 0 aliphatic carbocycles. The molecule has 2 rings (SSSR count). The highest BCUT2D eigenvalue weighted by molar-refractivity contribution is 6.36. The molecule has 0 aliphatic heterocycles.